The number of nitrogens with two attached hydrogens (primary N) is 1. The van der Waals surface area contributed by atoms with Crippen LogP contribution in [0.25, 0.3) is 0 Å². The molecule has 0 aliphatic rings. The SMILES string of the molecule is Cc1ccc(C(C)n2cncc2C(N)CC(C)C)o1. The molecule has 2 N–H and O–H groups in total. The molecule has 104 valence electrons. The Kier molecular flexibility index (Phi) is 4.10. The van der Waals surface area contributed by atoms with Crippen LogP contribution in [0.2, 0.25) is 0 Å². The second kappa shape index (κ2) is 5.61. The lowest BCUT2D eigenvalue weighted by atomic mass is 10.0. The number of rotatable bonds is 5. The summed E-state index contributed by atoms with van der Waals surface area (Å²) in [5.74, 6) is 2.43. The standard InChI is InChI=1S/C15H23N3O/c1-10(2)7-13(16)14-8-17-9-18(14)12(4)15-6-5-11(3)19-15/h5-6,8-10,12-13H,7,16H2,1-4H3. The normalized spacial score (nSPS) is 14.8. The van der Waals surface area contributed by atoms with Crippen LogP contribution < -0.4 is 5.73 Å². The minimum absolute atomic E-state index is 0.0148. The summed E-state index contributed by atoms with van der Waals surface area (Å²) in [5.41, 5.74) is 7.34. The average Bonchev–Trinajstić information content (AvgIpc) is 2.95. The van der Waals surface area contributed by atoms with E-state index in [0.717, 1.165) is 23.6 Å². The number of aryl methyl sites for hydroxylation is 1. The minimum Gasteiger partial charge on any atom is -0.464 e. The molecule has 2 atom stereocenters. The van der Waals surface area contributed by atoms with Gasteiger partial charge >= 0.3 is 0 Å². The van der Waals surface area contributed by atoms with Crippen molar-refractivity contribution in [1.29, 1.82) is 0 Å². The van der Waals surface area contributed by atoms with Crippen LogP contribution in [-0.2, 0) is 0 Å². The van der Waals surface area contributed by atoms with Gasteiger partial charge in [0.25, 0.3) is 0 Å². The lowest BCUT2D eigenvalue weighted by Crippen LogP contribution is -2.19. The smallest absolute Gasteiger partial charge is 0.126 e. The topological polar surface area (TPSA) is 57.0 Å². The fourth-order valence-corrected chi connectivity index (χ4v) is 2.37. The Morgan fingerprint density at radius 1 is 1.32 bits per heavy atom. The van der Waals surface area contributed by atoms with E-state index in [1.807, 2.05) is 31.6 Å². The highest BCUT2D eigenvalue weighted by Gasteiger charge is 2.19. The Morgan fingerprint density at radius 2 is 2.05 bits per heavy atom. The molecule has 0 aliphatic heterocycles. The predicted octanol–water partition coefficient (Wildman–Crippen LogP) is 3.44. The third-order valence-corrected chi connectivity index (χ3v) is 3.39. The Labute approximate surface area is 114 Å². The molecule has 2 aromatic heterocycles. The largest absolute Gasteiger partial charge is 0.464 e. The maximum Gasteiger partial charge on any atom is 0.126 e. The molecule has 0 fully saturated rings. The van der Waals surface area contributed by atoms with Crippen molar-refractivity contribution in [3.8, 4) is 0 Å². The number of furan rings is 1. The maximum absolute atomic E-state index is 6.27. The molecule has 0 aromatic carbocycles. The zero-order valence-electron chi connectivity index (χ0n) is 12.1. The van der Waals surface area contributed by atoms with Crippen molar-refractivity contribution in [1.82, 2.24) is 9.55 Å². The highest BCUT2D eigenvalue weighted by atomic mass is 16.3. The van der Waals surface area contributed by atoms with Crippen LogP contribution in [0.4, 0.5) is 0 Å². The zero-order valence-corrected chi connectivity index (χ0v) is 12.1. The van der Waals surface area contributed by atoms with Crippen molar-refractivity contribution < 1.29 is 4.42 Å². The van der Waals surface area contributed by atoms with Crippen LogP contribution in [0.1, 0.15) is 56.5 Å². The Hall–Kier alpha value is -1.55. The van der Waals surface area contributed by atoms with Gasteiger partial charge in [-0.1, -0.05) is 13.8 Å². The summed E-state index contributed by atoms with van der Waals surface area (Å²) in [6.07, 6.45) is 4.65. The lowest BCUT2D eigenvalue weighted by Gasteiger charge is -2.20. The summed E-state index contributed by atoms with van der Waals surface area (Å²) in [6.45, 7) is 8.42. The van der Waals surface area contributed by atoms with E-state index in [2.05, 4.69) is 30.3 Å². The van der Waals surface area contributed by atoms with Gasteiger partial charge in [0.2, 0.25) is 0 Å². The predicted molar refractivity (Wildman–Crippen MR) is 75.9 cm³/mol. The molecule has 0 saturated heterocycles. The highest BCUT2D eigenvalue weighted by Crippen LogP contribution is 2.26. The second-order valence-electron chi connectivity index (χ2n) is 5.59. The molecule has 0 bridgehead atoms. The Morgan fingerprint density at radius 3 is 2.63 bits per heavy atom. The molecule has 2 unspecified atom stereocenters. The molecule has 0 spiro atoms. The first kappa shape index (κ1) is 13.9. The first-order valence-electron chi connectivity index (χ1n) is 6.82. The van der Waals surface area contributed by atoms with Crippen LogP contribution in [0.3, 0.4) is 0 Å². The van der Waals surface area contributed by atoms with E-state index in [1.54, 1.807) is 0 Å². The van der Waals surface area contributed by atoms with Gasteiger partial charge in [0, 0.05) is 12.2 Å². The average molecular weight is 261 g/mol. The van der Waals surface area contributed by atoms with Crippen molar-refractivity contribution in [2.24, 2.45) is 11.7 Å². The Balaban J connectivity index is 2.23. The van der Waals surface area contributed by atoms with E-state index in [9.17, 15) is 0 Å². The molecule has 0 amide bonds. The molecule has 2 rings (SSSR count). The number of hydrogen-bond donors (Lipinski definition) is 1. The third-order valence-electron chi connectivity index (χ3n) is 3.39. The molecule has 4 nitrogen and oxygen atoms in total. The maximum atomic E-state index is 6.27. The molecule has 19 heavy (non-hydrogen) atoms. The summed E-state index contributed by atoms with van der Waals surface area (Å²) < 4.78 is 7.80. The second-order valence-corrected chi connectivity index (χ2v) is 5.59. The van der Waals surface area contributed by atoms with E-state index in [4.69, 9.17) is 10.2 Å². The minimum atomic E-state index is 0.0148. The van der Waals surface area contributed by atoms with Gasteiger partial charge in [-0.2, -0.15) is 0 Å². The molecule has 2 aromatic rings. The van der Waals surface area contributed by atoms with Crippen LogP contribution in [0, 0.1) is 12.8 Å². The van der Waals surface area contributed by atoms with Crippen molar-refractivity contribution >= 4 is 0 Å². The van der Waals surface area contributed by atoms with Crippen molar-refractivity contribution in [3.63, 3.8) is 0 Å². The summed E-state index contributed by atoms with van der Waals surface area (Å²) in [5, 5.41) is 0. The van der Waals surface area contributed by atoms with Gasteiger partial charge < -0.3 is 14.7 Å². The van der Waals surface area contributed by atoms with Gasteiger partial charge in [0.15, 0.2) is 0 Å². The summed E-state index contributed by atoms with van der Waals surface area (Å²) in [4.78, 5) is 4.25. The zero-order chi connectivity index (χ0) is 14.0. The van der Waals surface area contributed by atoms with Crippen LogP contribution in [-0.4, -0.2) is 9.55 Å². The molecular weight excluding hydrogens is 238 g/mol. The lowest BCUT2D eigenvalue weighted by molar-refractivity contribution is 0.411. The van der Waals surface area contributed by atoms with Gasteiger partial charge in [0.1, 0.15) is 11.5 Å². The number of hydrogen-bond acceptors (Lipinski definition) is 3. The Bertz CT molecular complexity index is 527. The molecule has 4 heteroatoms. The van der Waals surface area contributed by atoms with Gasteiger partial charge in [0.05, 0.1) is 18.1 Å². The quantitative estimate of drug-likeness (QED) is 0.897. The first-order chi connectivity index (χ1) is 8.99. The van der Waals surface area contributed by atoms with E-state index in [1.165, 1.54) is 0 Å². The molecular formula is C15H23N3O. The number of imidazole rings is 1. The van der Waals surface area contributed by atoms with Crippen molar-refractivity contribution in [2.45, 2.75) is 46.2 Å². The summed E-state index contributed by atoms with van der Waals surface area (Å²) in [7, 11) is 0. The van der Waals surface area contributed by atoms with Crippen LogP contribution >= 0.6 is 0 Å². The molecule has 0 radical (unpaired) electrons. The van der Waals surface area contributed by atoms with Crippen LogP contribution in [0.5, 0.6) is 0 Å². The van der Waals surface area contributed by atoms with Gasteiger partial charge in [-0.15, -0.1) is 0 Å². The first-order valence-corrected chi connectivity index (χ1v) is 6.82. The number of aromatic nitrogens is 2. The number of nitrogens with zero attached hydrogens (tertiary/aromatic N) is 2. The van der Waals surface area contributed by atoms with Crippen LogP contribution in [0.15, 0.2) is 29.1 Å². The van der Waals surface area contributed by atoms with E-state index < -0.39 is 0 Å². The molecule has 2 heterocycles. The van der Waals surface area contributed by atoms with E-state index in [0.29, 0.717) is 5.92 Å². The van der Waals surface area contributed by atoms with Gasteiger partial charge in [-0.3, -0.25) is 0 Å². The van der Waals surface area contributed by atoms with E-state index in [-0.39, 0.29) is 12.1 Å². The monoisotopic (exact) mass is 261 g/mol. The van der Waals surface area contributed by atoms with Gasteiger partial charge in [-0.05, 0) is 38.3 Å². The fourth-order valence-electron chi connectivity index (χ4n) is 2.37. The summed E-state index contributed by atoms with van der Waals surface area (Å²) >= 11 is 0. The van der Waals surface area contributed by atoms with Gasteiger partial charge in [-0.25, -0.2) is 4.98 Å². The van der Waals surface area contributed by atoms with Crippen molar-refractivity contribution in [3.05, 3.63) is 41.9 Å². The van der Waals surface area contributed by atoms with E-state index >= 15 is 0 Å². The molecule has 0 saturated carbocycles. The highest BCUT2D eigenvalue weighted by molar-refractivity contribution is 5.14. The molecule has 0 aliphatic carbocycles. The third kappa shape index (κ3) is 3.07. The summed E-state index contributed by atoms with van der Waals surface area (Å²) in [6, 6.07) is 4.12. The van der Waals surface area contributed by atoms with Crippen molar-refractivity contribution in [2.75, 3.05) is 0 Å². The fraction of sp³-hybridized carbons (Fsp3) is 0.533.